The second-order valence-corrected chi connectivity index (χ2v) is 8.49. The number of methoxy groups -OCH3 is 1. The lowest BCUT2D eigenvalue weighted by Gasteiger charge is -2.10. The molecule has 140 valence electrons. The quantitative estimate of drug-likeness (QED) is 0.513. The van der Waals surface area contributed by atoms with E-state index >= 15 is 0 Å². The number of aromatic nitrogens is 2. The highest BCUT2D eigenvalue weighted by Gasteiger charge is 2.15. The van der Waals surface area contributed by atoms with Gasteiger partial charge in [-0.15, -0.1) is 28.3 Å². The summed E-state index contributed by atoms with van der Waals surface area (Å²) in [4.78, 5) is 9.57. The van der Waals surface area contributed by atoms with Gasteiger partial charge in [0.25, 0.3) is 0 Å². The first-order valence-corrected chi connectivity index (χ1v) is 10.2. The van der Waals surface area contributed by atoms with Crippen molar-refractivity contribution in [2.75, 3.05) is 18.2 Å². The summed E-state index contributed by atoms with van der Waals surface area (Å²) in [6, 6.07) is 4.33. The summed E-state index contributed by atoms with van der Waals surface area (Å²) in [6.45, 7) is 1.87. The van der Waals surface area contributed by atoms with Gasteiger partial charge in [0.05, 0.1) is 34.0 Å². The molecule has 26 heavy (non-hydrogen) atoms. The number of thiazole rings is 2. The number of rotatable bonds is 5. The molecule has 12 heteroatoms. The SMILES string of the molecule is Br.COc1ccc(S(N)(=O)=O)cc1Nc1nc(-c2sc(N)nc2C)cs1. The lowest BCUT2D eigenvalue weighted by atomic mass is 10.3. The molecule has 3 aromatic rings. The molecular formula is C14H16BrN5O3S3. The number of sulfonamides is 1. The van der Waals surface area contributed by atoms with E-state index in [1.165, 1.54) is 48.0 Å². The van der Waals surface area contributed by atoms with E-state index in [1.54, 1.807) is 0 Å². The van der Waals surface area contributed by atoms with Crippen LogP contribution in [0.2, 0.25) is 0 Å². The van der Waals surface area contributed by atoms with Crippen molar-refractivity contribution in [3.05, 3.63) is 29.3 Å². The van der Waals surface area contributed by atoms with Crippen molar-refractivity contribution in [3.8, 4) is 16.3 Å². The average molecular weight is 478 g/mol. The molecule has 5 N–H and O–H groups in total. The summed E-state index contributed by atoms with van der Waals surface area (Å²) in [7, 11) is -2.32. The van der Waals surface area contributed by atoms with Crippen molar-refractivity contribution in [2.24, 2.45) is 5.14 Å². The van der Waals surface area contributed by atoms with Crippen LogP contribution in [0.25, 0.3) is 10.6 Å². The molecule has 1 aromatic carbocycles. The molecule has 0 saturated carbocycles. The van der Waals surface area contributed by atoms with E-state index in [0.717, 1.165) is 16.3 Å². The predicted molar refractivity (Wildman–Crippen MR) is 110 cm³/mol. The minimum absolute atomic E-state index is 0. The average Bonchev–Trinajstić information content (AvgIpc) is 3.12. The van der Waals surface area contributed by atoms with Crippen LogP contribution in [0.1, 0.15) is 5.69 Å². The molecular weight excluding hydrogens is 462 g/mol. The Balaban J connectivity index is 0.00000243. The minimum atomic E-state index is -3.82. The number of nitrogens with two attached hydrogens (primary N) is 2. The lowest BCUT2D eigenvalue weighted by Crippen LogP contribution is -2.12. The molecule has 0 amide bonds. The van der Waals surface area contributed by atoms with E-state index in [-0.39, 0.29) is 21.9 Å². The number of nitrogens with zero attached hydrogens (tertiary/aromatic N) is 2. The van der Waals surface area contributed by atoms with Gasteiger partial charge in [0, 0.05) is 5.38 Å². The van der Waals surface area contributed by atoms with Crippen LogP contribution in [0, 0.1) is 6.92 Å². The van der Waals surface area contributed by atoms with Crippen LogP contribution in [-0.2, 0) is 10.0 Å². The Labute approximate surface area is 169 Å². The Kier molecular flexibility index (Phi) is 6.24. The summed E-state index contributed by atoms with van der Waals surface area (Å²) in [6.07, 6.45) is 0. The Morgan fingerprint density at radius 1 is 1.27 bits per heavy atom. The third-order valence-corrected chi connectivity index (χ3v) is 5.97. The number of halogens is 1. The Hall–Kier alpha value is -1.73. The first kappa shape index (κ1) is 20.6. The molecule has 0 spiro atoms. The van der Waals surface area contributed by atoms with Gasteiger partial charge in [-0.1, -0.05) is 11.3 Å². The summed E-state index contributed by atoms with van der Waals surface area (Å²) < 4.78 is 28.3. The van der Waals surface area contributed by atoms with Crippen LogP contribution in [-0.4, -0.2) is 25.5 Å². The number of aryl methyl sites for hydroxylation is 1. The molecule has 2 aromatic heterocycles. The molecule has 0 aliphatic heterocycles. The lowest BCUT2D eigenvalue weighted by molar-refractivity contribution is 0.416. The summed E-state index contributed by atoms with van der Waals surface area (Å²) in [5.74, 6) is 0.474. The Morgan fingerprint density at radius 3 is 2.58 bits per heavy atom. The molecule has 0 atom stereocenters. The number of ether oxygens (including phenoxy) is 1. The zero-order chi connectivity index (χ0) is 18.2. The zero-order valence-electron chi connectivity index (χ0n) is 13.7. The molecule has 2 heterocycles. The second kappa shape index (κ2) is 7.88. The third kappa shape index (κ3) is 4.32. The maximum atomic E-state index is 11.5. The van der Waals surface area contributed by atoms with Crippen LogP contribution in [0.15, 0.2) is 28.5 Å². The zero-order valence-corrected chi connectivity index (χ0v) is 17.9. The van der Waals surface area contributed by atoms with Crippen LogP contribution in [0.5, 0.6) is 5.75 Å². The van der Waals surface area contributed by atoms with Crippen molar-refractivity contribution in [3.63, 3.8) is 0 Å². The molecule has 3 rings (SSSR count). The fourth-order valence-corrected chi connectivity index (χ4v) is 4.29. The van der Waals surface area contributed by atoms with Gasteiger partial charge in [0.15, 0.2) is 10.3 Å². The van der Waals surface area contributed by atoms with Gasteiger partial charge in [0.2, 0.25) is 10.0 Å². The van der Waals surface area contributed by atoms with E-state index in [4.69, 9.17) is 15.6 Å². The topological polar surface area (TPSA) is 133 Å². The Morgan fingerprint density at radius 2 is 2.00 bits per heavy atom. The largest absolute Gasteiger partial charge is 0.495 e. The number of primary sulfonamides is 1. The molecule has 0 bridgehead atoms. The molecule has 0 aliphatic rings. The smallest absolute Gasteiger partial charge is 0.238 e. The van der Waals surface area contributed by atoms with E-state index in [9.17, 15) is 8.42 Å². The Bertz CT molecular complexity index is 1030. The van der Waals surface area contributed by atoms with E-state index in [0.29, 0.717) is 21.7 Å². The van der Waals surface area contributed by atoms with Crippen LogP contribution in [0.4, 0.5) is 16.0 Å². The van der Waals surface area contributed by atoms with Crippen molar-refractivity contribution in [1.82, 2.24) is 9.97 Å². The summed E-state index contributed by atoms with van der Waals surface area (Å²) in [5.41, 5.74) is 7.74. The highest BCUT2D eigenvalue weighted by atomic mass is 79.9. The van der Waals surface area contributed by atoms with Crippen LogP contribution in [0.3, 0.4) is 0 Å². The molecule has 0 radical (unpaired) electrons. The predicted octanol–water partition coefficient (Wildman–Crippen LogP) is 3.13. The highest BCUT2D eigenvalue weighted by Crippen LogP contribution is 2.36. The maximum Gasteiger partial charge on any atom is 0.238 e. The second-order valence-electron chi connectivity index (χ2n) is 5.04. The van der Waals surface area contributed by atoms with Gasteiger partial charge in [-0.05, 0) is 25.1 Å². The standard InChI is InChI=1S/C14H15N5O3S3.BrH/c1-7-12(24-13(15)17-7)10-6-23-14(19-10)18-9-5-8(25(16,20)21)3-4-11(9)22-2;/h3-6H,1-2H3,(H2,15,17)(H,18,19)(H2,16,20,21);1H. The van der Waals surface area contributed by atoms with Crippen molar-refractivity contribution >= 4 is 65.6 Å². The number of hydrogen-bond donors (Lipinski definition) is 3. The van der Waals surface area contributed by atoms with E-state index in [1.807, 2.05) is 12.3 Å². The monoisotopic (exact) mass is 477 g/mol. The van der Waals surface area contributed by atoms with E-state index in [2.05, 4.69) is 15.3 Å². The fraction of sp³-hybridized carbons (Fsp3) is 0.143. The van der Waals surface area contributed by atoms with Crippen molar-refractivity contribution in [2.45, 2.75) is 11.8 Å². The number of hydrogen-bond acceptors (Lipinski definition) is 9. The van der Waals surface area contributed by atoms with Crippen LogP contribution >= 0.6 is 39.7 Å². The van der Waals surface area contributed by atoms with Crippen molar-refractivity contribution in [1.29, 1.82) is 0 Å². The number of nitrogen functional groups attached to an aromatic ring is 1. The summed E-state index contributed by atoms with van der Waals surface area (Å²) in [5, 5.41) is 11.2. The van der Waals surface area contributed by atoms with Gasteiger partial charge >= 0.3 is 0 Å². The molecule has 0 aliphatic carbocycles. The van der Waals surface area contributed by atoms with Gasteiger partial charge in [0.1, 0.15) is 5.75 Å². The van der Waals surface area contributed by atoms with E-state index < -0.39 is 10.0 Å². The normalized spacial score (nSPS) is 11.0. The fourth-order valence-electron chi connectivity index (χ4n) is 2.17. The summed E-state index contributed by atoms with van der Waals surface area (Å²) >= 11 is 2.73. The number of anilines is 3. The molecule has 0 unspecified atom stereocenters. The van der Waals surface area contributed by atoms with Gasteiger partial charge in [-0.25, -0.2) is 23.5 Å². The molecule has 0 saturated heterocycles. The highest BCUT2D eigenvalue weighted by molar-refractivity contribution is 8.93. The van der Waals surface area contributed by atoms with Gasteiger partial charge in [-0.3, -0.25) is 0 Å². The maximum absolute atomic E-state index is 11.5. The molecule has 8 nitrogen and oxygen atoms in total. The van der Waals surface area contributed by atoms with Crippen molar-refractivity contribution < 1.29 is 13.2 Å². The minimum Gasteiger partial charge on any atom is -0.495 e. The van der Waals surface area contributed by atoms with Crippen LogP contribution < -0.4 is 20.9 Å². The first-order valence-electron chi connectivity index (χ1n) is 6.94. The third-order valence-electron chi connectivity index (χ3n) is 3.29. The number of nitrogens with one attached hydrogen (secondary N) is 1. The van der Waals surface area contributed by atoms with Gasteiger partial charge in [-0.2, -0.15) is 0 Å². The number of benzene rings is 1. The first-order chi connectivity index (χ1) is 11.8. The van der Waals surface area contributed by atoms with Gasteiger partial charge < -0.3 is 15.8 Å². The molecule has 0 fully saturated rings.